The van der Waals surface area contributed by atoms with Gasteiger partial charge in [-0.05, 0) is 54.7 Å². The summed E-state index contributed by atoms with van der Waals surface area (Å²) in [5, 5.41) is 9.47. The van der Waals surface area contributed by atoms with E-state index in [0.29, 0.717) is 24.4 Å². The molecule has 5 aromatic rings. The number of nitriles is 1. The molecular weight excluding hydrogens is 470 g/mol. The Morgan fingerprint density at radius 3 is 2.42 bits per heavy atom. The zero-order chi connectivity index (χ0) is 26.6. The second-order valence-corrected chi connectivity index (χ2v) is 9.69. The normalized spacial score (nSPS) is 11.1. The monoisotopic (exact) mass is 501 g/mol. The van der Waals surface area contributed by atoms with Gasteiger partial charge in [-0.25, -0.2) is 9.97 Å². The van der Waals surface area contributed by atoms with E-state index in [-0.39, 0.29) is 5.56 Å². The lowest BCUT2D eigenvalue weighted by molar-refractivity contribution is 0.628. The molecular formula is C32H31N5O. The molecule has 0 saturated heterocycles. The Morgan fingerprint density at radius 1 is 0.947 bits per heavy atom. The number of imidazole rings is 1. The third-order valence-electron chi connectivity index (χ3n) is 7.18. The summed E-state index contributed by atoms with van der Waals surface area (Å²) >= 11 is 0. The molecule has 0 N–H and O–H groups in total. The van der Waals surface area contributed by atoms with Crippen LogP contribution in [-0.2, 0) is 26.4 Å². The Balaban J connectivity index is 1.51. The van der Waals surface area contributed by atoms with Crippen LogP contribution in [0.1, 0.15) is 53.8 Å². The number of hydrogen-bond acceptors (Lipinski definition) is 4. The average molecular weight is 502 g/mol. The lowest BCUT2D eigenvalue weighted by Gasteiger charge is -2.16. The fraction of sp³-hybridized carbons (Fsp3) is 0.250. The largest absolute Gasteiger partial charge is 0.330 e. The first-order chi connectivity index (χ1) is 18.5. The second kappa shape index (κ2) is 10.9. The van der Waals surface area contributed by atoms with Gasteiger partial charge in [0.25, 0.3) is 5.56 Å². The Hall–Kier alpha value is -4.50. The van der Waals surface area contributed by atoms with Crippen LogP contribution in [0.25, 0.3) is 22.2 Å². The van der Waals surface area contributed by atoms with E-state index >= 15 is 0 Å². The topological polar surface area (TPSA) is 76.5 Å². The molecule has 0 saturated carbocycles. The summed E-state index contributed by atoms with van der Waals surface area (Å²) < 4.78 is 3.80. The SMILES string of the molecule is CCCCc1nc(C)n(Cc2nc3ccccc3n2C)c(=O)c1Cc1ccc(-c2ccccc2C#N)cc1. The average Bonchev–Trinajstić information content (AvgIpc) is 3.27. The minimum Gasteiger partial charge on any atom is -0.330 e. The lowest BCUT2D eigenvalue weighted by Crippen LogP contribution is -2.30. The van der Waals surface area contributed by atoms with Crippen LogP contribution in [0.4, 0.5) is 0 Å². The minimum atomic E-state index is -0.00504. The van der Waals surface area contributed by atoms with Crippen LogP contribution in [-0.4, -0.2) is 19.1 Å². The smallest absolute Gasteiger partial charge is 0.257 e. The molecule has 0 atom stereocenters. The van der Waals surface area contributed by atoms with E-state index < -0.39 is 0 Å². The number of nitrogens with zero attached hydrogens (tertiary/aromatic N) is 5. The van der Waals surface area contributed by atoms with Crippen molar-refractivity contribution in [1.82, 2.24) is 19.1 Å². The quantitative estimate of drug-likeness (QED) is 0.263. The number of aromatic nitrogens is 4. The van der Waals surface area contributed by atoms with Gasteiger partial charge in [0.15, 0.2) is 0 Å². The molecule has 0 radical (unpaired) electrons. The molecule has 0 aliphatic rings. The number of aryl methyl sites for hydroxylation is 3. The highest BCUT2D eigenvalue weighted by atomic mass is 16.1. The Kier molecular flexibility index (Phi) is 7.19. The van der Waals surface area contributed by atoms with E-state index in [1.54, 1.807) is 4.57 Å². The molecule has 6 heteroatoms. The first-order valence-electron chi connectivity index (χ1n) is 13.1. The van der Waals surface area contributed by atoms with Gasteiger partial charge in [-0.15, -0.1) is 0 Å². The van der Waals surface area contributed by atoms with Gasteiger partial charge in [-0.1, -0.05) is 67.9 Å². The Bertz CT molecular complexity index is 1700. The number of hydrogen-bond donors (Lipinski definition) is 0. The van der Waals surface area contributed by atoms with Gasteiger partial charge in [-0.3, -0.25) is 9.36 Å². The number of benzene rings is 3. The highest BCUT2D eigenvalue weighted by Gasteiger charge is 2.18. The van der Waals surface area contributed by atoms with Crippen molar-refractivity contribution in [3.63, 3.8) is 0 Å². The lowest BCUT2D eigenvalue weighted by atomic mass is 9.97. The number of fused-ring (bicyclic) bond motifs is 1. The molecule has 0 unspecified atom stereocenters. The molecule has 0 fully saturated rings. The van der Waals surface area contributed by atoms with Crippen molar-refractivity contribution in [3.8, 4) is 17.2 Å². The second-order valence-electron chi connectivity index (χ2n) is 9.69. The summed E-state index contributed by atoms with van der Waals surface area (Å²) in [4.78, 5) is 23.6. The summed E-state index contributed by atoms with van der Waals surface area (Å²) in [5.74, 6) is 1.53. The van der Waals surface area contributed by atoms with E-state index in [0.717, 1.165) is 64.1 Å². The maximum absolute atomic E-state index is 13.9. The first-order valence-corrected chi connectivity index (χ1v) is 13.1. The zero-order valence-electron chi connectivity index (χ0n) is 22.1. The number of rotatable bonds is 8. The highest BCUT2D eigenvalue weighted by molar-refractivity contribution is 5.75. The first kappa shape index (κ1) is 25.2. The summed E-state index contributed by atoms with van der Waals surface area (Å²) in [6, 6.07) is 26.0. The molecule has 0 aliphatic carbocycles. The Labute approximate surface area is 222 Å². The van der Waals surface area contributed by atoms with Crippen LogP contribution >= 0.6 is 0 Å². The summed E-state index contributed by atoms with van der Waals surface area (Å²) in [5.41, 5.74) is 7.16. The molecule has 5 rings (SSSR count). The third kappa shape index (κ3) is 4.88. The molecule has 2 heterocycles. The van der Waals surface area contributed by atoms with Gasteiger partial charge >= 0.3 is 0 Å². The van der Waals surface area contributed by atoms with Crippen molar-refractivity contribution in [2.45, 2.75) is 46.1 Å². The van der Waals surface area contributed by atoms with Crippen molar-refractivity contribution in [3.05, 3.63) is 117 Å². The summed E-state index contributed by atoms with van der Waals surface area (Å²) in [7, 11) is 1.99. The molecule has 190 valence electrons. The summed E-state index contributed by atoms with van der Waals surface area (Å²) in [6.07, 6.45) is 3.31. The van der Waals surface area contributed by atoms with Crippen molar-refractivity contribution >= 4 is 11.0 Å². The molecule has 0 spiro atoms. The van der Waals surface area contributed by atoms with Gasteiger partial charge in [0.05, 0.1) is 34.9 Å². The fourth-order valence-corrected chi connectivity index (χ4v) is 4.99. The highest BCUT2D eigenvalue weighted by Crippen LogP contribution is 2.24. The van der Waals surface area contributed by atoms with E-state index in [4.69, 9.17) is 9.97 Å². The van der Waals surface area contributed by atoms with Crippen LogP contribution < -0.4 is 5.56 Å². The van der Waals surface area contributed by atoms with Gasteiger partial charge in [0.2, 0.25) is 0 Å². The predicted molar refractivity (Wildman–Crippen MR) is 151 cm³/mol. The van der Waals surface area contributed by atoms with Crippen LogP contribution in [0.2, 0.25) is 0 Å². The van der Waals surface area contributed by atoms with E-state index in [9.17, 15) is 10.1 Å². The van der Waals surface area contributed by atoms with Gasteiger partial charge in [0, 0.05) is 19.0 Å². The van der Waals surface area contributed by atoms with Crippen molar-refractivity contribution < 1.29 is 0 Å². The molecule has 38 heavy (non-hydrogen) atoms. The standard InChI is InChI=1S/C32H31N5O/c1-4-5-12-28-27(19-23-15-17-24(18-16-23)26-11-7-6-10-25(26)20-33)32(38)37(22(2)34-28)21-31-35-29-13-8-9-14-30(29)36(31)3/h6-11,13-18H,4-5,12,19,21H2,1-3H3. The predicted octanol–water partition coefficient (Wildman–Crippen LogP) is 5.96. The van der Waals surface area contributed by atoms with Gasteiger partial charge in [-0.2, -0.15) is 5.26 Å². The van der Waals surface area contributed by atoms with Crippen molar-refractivity contribution in [2.24, 2.45) is 7.05 Å². The fourth-order valence-electron chi connectivity index (χ4n) is 4.99. The Morgan fingerprint density at radius 2 is 1.68 bits per heavy atom. The van der Waals surface area contributed by atoms with Gasteiger partial charge in [0.1, 0.15) is 11.6 Å². The van der Waals surface area contributed by atoms with Crippen LogP contribution in [0.15, 0.2) is 77.6 Å². The summed E-state index contributed by atoms with van der Waals surface area (Å²) in [6.45, 7) is 4.43. The van der Waals surface area contributed by atoms with Crippen LogP contribution in [0.5, 0.6) is 0 Å². The third-order valence-corrected chi connectivity index (χ3v) is 7.18. The van der Waals surface area contributed by atoms with Crippen molar-refractivity contribution in [2.75, 3.05) is 0 Å². The maximum atomic E-state index is 13.9. The molecule has 3 aromatic carbocycles. The zero-order valence-corrected chi connectivity index (χ0v) is 22.1. The maximum Gasteiger partial charge on any atom is 0.257 e. The van der Waals surface area contributed by atoms with Crippen LogP contribution in [0, 0.1) is 18.3 Å². The molecule has 0 aliphatic heterocycles. The molecule has 2 aromatic heterocycles. The molecule has 0 amide bonds. The number of unbranched alkanes of at least 4 members (excludes halogenated alkanes) is 1. The van der Waals surface area contributed by atoms with Crippen molar-refractivity contribution in [1.29, 1.82) is 5.26 Å². The molecule has 6 nitrogen and oxygen atoms in total. The van der Waals surface area contributed by atoms with E-state index in [1.807, 2.05) is 91.3 Å². The van der Waals surface area contributed by atoms with Gasteiger partial charge < -0.3 is 4.57 Å². The van der Waals surface area contributed by atoms with E-state index in [2.05, 4.69) is 13.0 Å². The number of para-hydroxylation sites is 2. The van der Waals surface area contributed by atoms with E-state index in [1.165, 1.54) is 0 Å². The minimum absolute atomic E-state index is 0.00504. The van der Waals surface area contributed by atoms with Crippen LogP contribution in [0.3, 0.4) is 0 Å². The molecule has 0 bridgehead atoms.